The number of nitrogens with zero attached hydrogens (tertiary/aromatic N) is 2. The van der Waals surface area contributed by atoms with Crippen LogP contribution in [0.5, 0.6) is 0 Å². The molecule has 2 rings (SSSR count). The van der Waals surface area contributed by atoms with Gasteiger partial charge in [-0.1, -0.05) is 0 Å². The summed E-state index contributed by atoms with van der Waals surface area (Å²) in [6, 6.07) is 0.245. The van der Waals surface area contributed by atoms with E-state index in [-0.39, 0.29) is 6.04 Å². The molecule has 4 nitrogen and oxygen atoms in total. The van der Waals surface area contributed by atoms with Gasteiger partial charge in [-0.05, 0) is 47.0 Å². The molecule has 102 valence electrons. The lowest BCUT2D eigenvalue weighted by Crippen LogP contribution is -2.46. The number of nitrogens with one attached hydrogen (secondary N) is 1. The van der Waals surface area contributed by atoms with Gasteiger partial charge in [0.2, 0.25) is 0 Å². The van der Waals surface area contributed by atoms with Gasteiger partial charge in [-0.3, -0.25) is 4.68 Å². The van der Waals surface area contributed by atoms with Crippen LogP contribution in [0, 0.1) is 13.8 Å². The van der Waals surface area contributed by atoms with Crippen LogP contribution < -0.4 is 5.32 Å². The van der Waals surface area contributed by atoms with Gasteiger partial charge in [0.15, 0.2) is 0 Å². The molecule has 1 heterocycles. The monoisotopic (exact) mass is 251 g/mol. The van der Waals surface area contributed by atoms with E-state index in [0.29, 0.717) is 6.54 Å². The molecular weight excluding hydrogens is 226 g/mol. The van der Waals surface area contributed by atoms with Crippen LogP contribution >= 0.6 is 0 Å². The molecule has 0 amide bonds. The smallest absolute Gasteiger partial charge is 0.0771 e. The molecule has 4 heteroatoms. The van der Waals surface area contributed by atoms with Gasteiger partial charge >= 0.3 is 0 Å². The second-order valence-electron chi connectivity index (χ2n) is 5.58. The molecule has 0 bridgehead atoms. The predicted octanol–water partition coefficient (Wildman–Crippen LogP) is 2.09. The van der Waals surface area contributed by atoms with Crippen molar-refractivity contribution in [1.29, 1.82) is 0 Å². The first-order chi connectivity index (χ1) is 8.47. The Morgan fingerprint density at radius 2 is 2.11 bits per heavy atom. The quantitative estimate of drug-likeness (QED) is 0.842. The van der Waals surface area contributed by atoms with Crippen molar-refractivity contribution in [1.82, 2.24) is 15.1 Å². The summed E-state index contributed by atoms with van der Waals surface area (Å²) in [6.07, 6.45) is 3.01. The van der Waals surface area contributed by atoms with Crippen molar-refractivity contribution in [3.8, 4) is 0 Å². The molecule has 0 aromatic carbocycles. The van der Waals surface area contributed by atoms with E-state index in [9.17, 15) is 5.11 Å². The molecule has 1 fully saturated rings. The first kappa shape index (κ1) is 13.6. The summed E-state index contributed by atoms with van der Waals surface area (Å²) in [7, 11) is 0. The van der Waals surface area contributed by atoms with Crippen molar-refractivity contribution in [3.05, 3.63) is 17.0 Å². The van der Waals surface area contributed by atoms with E-state index in [2.05, 4.69) is 38.1 Å². The van der Waals surface area contributed by atoms with Crippen LogP contribution in [0.1, 0.15) is 56.1 Å². The lowest BCUT2D eigenvalue weighted by atomic mass is 9.80. The Morgan fingerprint density at radius 3 is 2.56 bits per heavy atom. The van der Waals surface area contributed by atoms with Gasteiger partial charge < -0.3 is 10.4 Å². The molecule has 2 N–H and O–H groups in total. The molecule has 1 aliphatic carbocycles. The molecule has 0 aliphatic heterocycles. The molecule has 1 atom stereocenters. The van der Waals surface area contributed by atoms with Crippen LogP contribution in [0.3, 0.4) is 0 Å². The third kappa shape index (κ3) is 2.45. The van der Waals surface area contributed by atoms with Crippen LogP contribution in [-0.2, 0) is 6.54 Å². The minimum Gasteiger partial charge on any atom is -0.389 e. The number of aliphatic hydroxyl groups is 1. The summed E-state index contributed by atoms with van der Waals surface area (Å²) in [5.41, 5.74) is 3.14. The Labute approximate surface area is 109 Å². The summed E-state index contributed by atoms with van der Waals surface area (Å²) in [5, 5.41) is 18.1. The zero-order valence-corrected chi connectivity index (χ0v) is 12.0. The first-order valence-electron chi connectivity index (χ1n) is 6.96. The van der Waals surface area contributed by atoms with Crippen molar-refractivity contribution in [2.45, 2.75) is 65.1 Å². The Hall–Kier alpha value is -0.870. The number of hydrogen-bond donors (Lipinski definition) is 2. The highest BCUT2D eigenvalue weighted by Crippen LogP contribution is 2.31. The zero-order chi connectivity index (χ0) is 13.3. The van der Waals surface area contributed by atoms with Crippen molar-refractivity contribution in [2.75, 3.05) is 6.54 Å². The summed E-state index contributed by atoms with van der Waals surface area (Å²) in [5.74, 6) is 0. The number of hydrogen-bond acceptors (Lipinski definition) is 3. The Balaban J connectivity index is 2.04. The van der Waals surface area contributed by atoms with E-state index >= 15 is 0 Å². The summed E-state index contributed by atoms with van der Waals surface area (Å²) in [6.45, 7) is 10.0. The van der Waals surface area contributed by atoms with E-state index < -0.39 is 5.60 Å². The van der Waals surface area contributed by atoms with Crippen LogP contribution in [0.25, 0.3) is 0 Å². The number of rotatable bonds is 5. The lowest BCUT2D eigenvalue weighted by molar-refractivity contribution is -0.0329. The third-order valence-corrected chi connectivity index (χ3v) is 4.19. The minimum absolute atomic E-state index is 0.245. The fourth-order valence-corrected chi connectivity index (χ4v) is 2.85. The Morgan fingerprint density at radius 1 is 1.44 bits per heavy atom. The van der Waals surface area contributed by atoms with Gasteiger partial charge in [-0.25, -0.2) is 0 Å². The third-order valence-electron chi connectivity index (χ3n) is 4.19. The molecule has 1 aliphatic rings. The van der Waals surface area contributed by atoms with Crippen LogP contribution in [0.4, 0.5) is 0 Å². The van der Waals surface area contributed by atoms with E-state index in [1.807, 2.05) is 4.68 Å². The van der Waals surface area contributed by atoms with Crippen molar-refractivity contribution >= 4 is 0 Å². The normalized spacial score (nSPS) is 19.6. The second-order valence-corrected chi connectivity index (χ2v) is 5.58. The van der Waals surface area contributed by atoms with E-state index in [0.717, 1.165) is 31.5 Å². The first-order valence-corrected chi connectivity index (χ1v) is 6.96. The fraction of sp³-hybridized carbons (Fsp3) is 0.786. The Kier molecular flexibility index (Phi) is 3.78. The highest BCUT2D eigenvalue weighted by molar-refractivity contribution is 5.27. The van der Waals surface area contributed by atoms with Crippen molar-refractivity contribution in [3.63, 3.8) is 0 Å². The molecular formula is C14H25N3O. The SMILES string of the molecule is CCn1nc(C)c(C(C)NCC2(O)CCC2)c1C. The second kappa shape index (κ2) is 5.02. The summed E-state index contributed by atoms with van der Waals surface area (Å²) < 4.78 is 2.04. The van der Waals surface area contributed by atoms with Crippen LogP contribution in [-0.4, -0.2) is 27.0 Å². The summed E-state index contributed by atoms with van der Waals surface area (Å²) in [4.78, 5) is 0. The molecule has 1 saturated carbocycles. The highest BCUT2D eigenvalue weighted by Gasteiger charge is 2.34. The van der Waals surface area contributed by atoms with E-state index in [1.165, 1.54) is 11.3 Å². The maximum absolute atomic E-state index is 10.1. The minimum atomic E-state index is -0.461. The van der Waals surface area contributed by atoms with Crippen LogP contribution in [0.15, 0.2) is 0 Å². The van der Waals surface area contributed by atoms with Crippen molar-refractivity contribution < 1.29 is 5.11 Å². The summed E-state index contributed by atoms with van der Waals surface area (Å²) >= 11 is 0. The predicted molar refractivity (Wildman–Crippen MR) is 72.6 cm³/mol. The van der Waals surface area contributed by atoms with Gasteiger partial charge in [0.25, 0.3) is 0 Å². The Bertz CT molecular complexity index is 421. The molecule has 0 radical (unpaired) electrons. The number of aryl methyl sites for hydroxylation is 2. The van der Waals surface area contributed by atoms with Gasteiger partial charge in [-0.2, -0.15) is 5.10 Å². The van der Waals surface area contributed by atoms with E-state index in [1.54, 1.807) is 0 Å². The standard InChI is InChI=1S/C14H25N3O/c1-5-17-12(4)13(11(3)16-17)10(2)15-9-14(18)7-6-8-14/h10,15,18H,5-9H2,1-4H3. The number of aromatic nitrogens is 2. The maximum atomic E-state index is 10.1. The fourth-order valence-electron chi connectivity index (χ4n) is 2.85. The highest BCUT2D eigenvalue weighted by atomic mass is 16.3. The molecule has 1 unspecified atom stereocenters. The average Bonchev–Trinajstić information content (AvgIpc) is 2.59. The topological polar surface area (TPSA) is 50.1 Å². The molecule has 0 saturated heterocycles. The van der Waals surface area contributed by atoms with Gasteiger partial charge in [0.1, 0.15) is 0 Å². The zero-order valence-electron chi connectivity index (χ0n) is 12.0. The maximum Gasteiger partial charge on any atom is 0.0771 e. The van der Waals surface area contributed by atoms with Gasteiger partial charge in [0.05, 0.1) is 11.3 Å². The van der Waals surface area contributed by atoms with Gasteiger partial charge in [0, 0.05) is 30.4 Å². The lowest BCUT2D eigenvalue weighted by Gasteiger charge is -2.37. The van der Waals surface area contributed by atoms with E-state index in [4.69, 9.17) is 0 Å². The molecule has 18 heavy (non-hydrogen) atoms. The van der Waals surface area contributed by atoms with Crippen LogP contribution in [0.2, 0.25) is 0 Å². The van der Waals surface area contributed by atoms with Crippen molar-refractivity contribution in [2.24, 2.45) is 0 Å². The van der Waals surface area contributed by atoms with Gasteiger partial charge in [-0.15, -0.1) is 0 Å². The molecule has 0 spiro atoms. The average molecular weight is 251 g/mol. The molecule has 1 aromatic heterocycles. The molecule has 1 aromatic rings. The largest absolute Gasteiger partial charge is 0.389 e.